The highest BCUT2D eigenvalue weighted by molar-refractivity contribution is 5.99. The van der Waals surface area contributed by atoms with E-state index in [-0.39, 0.29) is 11.8 Å². The number of nitrogens with zero attached hydrogens (tertiary/aromatic N) is 2. The van der Waals surface area contributed by atoms with Gasteiger partial charge >= 0.3 is 0 Å². The summed E-state index contributed by atoms with van der Waals surface area (Å²) in [4.78, 5) is 23.7. The zero-order chi connectivity index (χ0) is 22.7. The fraction of sp³-hybridized carbons (Fsp3) is 0.115. The number of aromatic nitrogens is 1. The van der Waals surface area contributed by atoms with Crippen molar-refractivity contribution in [2.45, 2.75) is 20.8 Å². The van der Waals surface area contributed by atoms with Gasteiger partial charge in [0.05, 0.1) is 6.21 Å². The number of nitrogens with one attached hydrogen (secondary N) is 2. The molecular formula is C26H24N4O2. The van der Waals surface area contributed by atoms with Gasteiger partial charge < -0.3 is 9.88 Å². The molecule has 0 unspecified atom stereocenters. The highest BCUT2D eigenvalue weighted by Gasteiger charge is 2.10. The highest BCUT2D eigenvalue weighted by Crippen LogP contribution is 2.21. The second kappa shape index (κ2) is 8.89. The van der Waals surface area contributed by atoms with E-state index in [4.69, 9.17) is 0 Å². The highest BCUT2D eigenvalue weighted by atomic mass is 16.2. The summed E-state index contributed by atoms with van der Waals surface area (Å²) in [7, 11) is 0. The van der Waals surface area contributed by atoms with Crippen molar-refractivity contribution in [3.8, 4) is 5.69 Å². The van der Waals surface area contributed by atoms with E-state index in [0.29, 0.717) is 5.56 Å². The molecule has 6 heteroatoms. The van der Waals surface area contributed by atoms with Gasteiger partial charge in [0.2, 0.25) is 5.91 Å². The Hall–Kier alpha value is -4.19. The second-order valence-corrected chi connectivity index (χ2v) is 7.65. The van der Waals surface area contributed by atoms with Crippen molar-refractivity contribution >= 4 is 34.5 Å². The molecule has 4 aromatic rings. The smallest absolute Gasteiger partial charge is 0.271 e. The number of fused-ring (bicyclic) bond motifs is 1. The molecule has 0 aliphatic rings. The average Bonchev–Trinajstić information content (AvgIpc) is 3.06. The van der Waals surface area contributed by atoms with E-state index in [1.54, 1.807) is 12.3 Å². The van der Waals surface area contributed by atoms with Crippen molar-refractivity contribution in [2.75, 3.05) is 5.32 Å². The van der Waals surface area contributed by atoms with Gasteiger partial charge in [0.1, 0.15) is 0 Å². The van der Waals surface area contributed by atoms with Crippen LogP contribution in [0.1, 0.15) is 34.2 Å². The molecule has 2 amide bonds. The summed E-state index contributed by atoms with van der Waals surface area (Å²) in [6.07, 6.45) is 1.66. The number of amides is 2. The van der Waals surface area contributed by atoms with E-state index in [2.05, 4.69) is 20.4 Å². The lowest BCUT2D eigenvalue weighted by Gasteiger charge is -2.11. The number of hydrogen-bond acceptors (Lipinski definition) is 3. The first kappa shape index (κ1) is 21.1. The normalized spacial score (nSPS) is 11.1. The SMILES string of the molecule is CC(=O)Nc1ccc(-n2c(C)cc(/C=N/NC(=O)c3ccc4ccccc4c3)c2C)cc1. The molecule has 0 spiro atoms. The molecule has 32 heavy (non-hydrogen) atoms. The van der Waals surface area contributed by atoms with Gasteiger partial charge in [-0.25, -0.2) is 5.43 Å². The molecule has 1 heterocycles. The molecule has 0 fully saturated rings. The molecule has 0 atom stereocenters. The van der Waals surface area contributed by atoms with E-state index in [9.17, 15) is 9.59 Å². The Morgan fingerprint density at radius 1 is 0.906 bits per heavy atom. The Kier molecular flexibility index (Phi) is 5.85. The molecule has 1 aromatic heterocycles. The van der Waals surface area contributed by atoms with Gasteiger partial charge in [-0.15, -0.1) is 0 Å². The third-order valence-electron chi connectivity index (χ3n) is 5.30. The number of aryl methyl sites for hydroxylation is 1. The number of benzene rings is 3. The van der Waals surface area contributed by atoms with Gasteiger partial charge in [-0.05, 0) is 67.1 Å². The summed E-state index contributed by atoms with van der Waals surface area (Å²) in [5, 5.41) is 9.04. The van der Waals surface area contributed by atoms with Crippen LogP contribution in [0.4, 0.5) is 5.69 Å². The molecular weight excluding hydrogens is 400 g/mol. The minimum absolute atomic E-state index is 0.102. The van der Waals surface area contributed by atoms with Crippen LogP contribution in [0.15, 0.2) is 77.9 Å². The zero-order valence-corrected chi connectivity index (χ0v) is 18.2. The lowest BCUT2D eigenvalue weighted by Crippen LogP contribution is -2.17. The molecule has 0 saturated carbocycles. The number of carbonyl (C=O) groups excluding carboxylic acids is 2. The average molecular weight is 425 g/mol. The fourth-order valence-electron chi connectivity index (χ4n) is 3.77. The Morgan fingerprint density at radius 3 is 2.34 bits per heavy atom. The van der Waals surface area contributed by atoms with Crippen molar-refractivity contribution in [3.63, 3.8) is 0 Å². The molecule has 2 N–H and O–H groups in total. The van der Waals surface area contributed by atoms with E-state index in [0.717, 1.165) is 39.1 Å². The van der Waals surface area contributed by atoms with Crippen molar-refractivity contribution in [3.05, 3.63) is 95.3 Å². The lowest BCUT2D eigenvalue weighted by molar-refractivity contribution is -0.114. The number of hydrazone groups is 1. The Balaban J connectivity index is 1.49. The van der Waals surface area contributed by atoms with Crippen LogP contribution in [0, 0.1) is 13.8 Å². The predicted octanol–water partition coefficient (Wildman–Crippen LogP) is 4.97. The van der Waals surface area contributed by atoms with E-state index >= 15 is 0 Å². The van der Waals surface area contributed by atoms with Crippen molar-refractivity contribution in [1.82, 2.24) is 9.99 Å². The van der Waals surface area contributed by atoms with E-state index in [1.165, 1.54) is 6.92 Å². The monoisotopic (exact) mass is 424 g/mol. The minimum Gasteiger partial charge on any atom is -0.326 e. The predicted molar refractivity (Wildman–Crippen MR) is 129 cm³/mol. The molecule has 0 aliphatic heterocycles. The Bertz CT molecular complexity index is 1330. The van der Waals surface area contributed by atoms with E-state index < -0.39 is 0 Å². The third kappa shape index (κ3) is 4.44. The summed E-state index contributed by atoms with van der Waals surface area (Å²) >= 11 is 0. The first-order valence-corrected chi connectivity index (χ1v) is 10.3. The Morgan fingerprint density at radius 2 is 1.62 bits per heavy atom. The van der Waals surface area contributed by atoms with Crippen LogP contribution in [0.3, 0.4) is 0 Å². The zero-order valence-electron chi connectivity index (χ0n) is 18.2. The number of carbonyl (C=O) groups is 2. The molecule has 0 saturated heterocycles. The van der Waals surface area contributed by atoms with Crippen LogP contribution in [0.5, 0.6) is 0 Å². The van der Waals surface area contributed by atoms with Crippen molar-refractivity contribution in [1.29, 1.82) is 0 Å². The van der Waals surface area contributed by atoms with Gasteiger partial charge in [0, 0.05) is 40.8 Å². The summed E-state index contributed by atoms with van der Waals surface area (Å²) in [5.41, 5.74) is 7.85. The second-order valence-electron chi connectivity index (χ2n) is 7.65. The first-order chi connectivity index (χ1) is 15.4. The standard InChI is InChI=1S/C26H24N4O2/c1-17-14-23(18(2)30(17)25-12-10-24(11-13-25)28-19(3)31)16-27-29-26(32)22-9-8-20-6-4-5-7-21(20)15-22/h4-16H,1-3H3,(H,28,31)(H,29,32)/b27-16+. The maximum atomic E-state index is 12.5. The maximum absolute atomic E-state index is 12.5. The fourth-order valence-corrected chi connectivity index (χ4v) is 3.77. The van der Waals surface area contributed by atoms with E-state index in [1.807, 2.05) is 80.6 Å². The van der Waals surface area contributed by atoms with Crippen LogP contribution < -0.4 is 10.7 Å². The lowest BCUT2D eigenvalue weighted by atomic mass is 10.1. The van der Waals surface area contributed by atoms with Gasteiger partial charge in [0.15, 0.2) is 0 Å². The summed E-state index contributed by atoms with van der Waals surface area (Å²) in [6, 6.07) is 23.2. The molecule has 4 rings (SSSR count). The van der Waals surface area contributed by atoms with Gasteiger partial charge in [-0.1, -0.05) is 30.3 Å². The number of rotatable bonds is 5. The number of hydrogen-bond donors (Lipinski definition) is 2. The number of anilines is 1. The van der Waals surface area contributed by atoms with Crippen LogP contribution >= 0.6 is 0 Å². The van der Waals surface area contributed by atoms with Crippen molar-refractivity contribution < 1.29 is 9.59 Å². The molecule has 3 aromatic carbocycles. The van der Waals surface area contributed by atoms with Gasteiger partial charge in [-0.2, -0.15) is 5.10 Å². The van der Waals surface area contributed by atoms with Crippen LogP contribution in [-0.2, 0) is 4.79 Å². The summed E-state index contributed by atoms with van der Waals surface area (Å²) in [5.74, 6) is -0.357. The largest absolute Gasteiger partial charge is 0.326 e. The Labute approximate surface area is 186 Å². The quantitative estimate of drug-likeness (QED) is 0.351. The summed E-state index contributed by atoms with van der Waals surface area (Å²) < 4.78 is 2.10. The first-order valence-electron chi connectivity index (χ1n) is 10.3. The minimum atomic E-state index is -0.255. The van der Waals surface area contributed by atoms with Crippen molar-refractivity contribution in [2.24, 2.45) is 5.10 Å². The molecule has 0 bridgehead atoms. The molecule has 0 aliphatic carbocycles. The maximum Gasteiger partial charge on any atom is 0.271 e. The molecule has 6 nitrogen and oxygen atoms in total. The van der Waals surface area contributed by atoms with Crippen LogP contribution in [0.2, 0.25) is 0 Å². The van der Waals surface area contributed by atoms with Crippen LogP contribution in [-0.4, -0.2) is 22.6 Å². The summed E-state index contributed by atoms with van der Waals surface area (Å²) in [6.45, 7) is 5.50. The molecule has 0 radical (unpaired) electrons. The molecule has 160 valence electrons. The van der Waals surface area contributed by atoms with Gasteiger partial charge in [-0.3, -0.25) is 9.59 Å². The topological polar surface area (TPSA) is 75.5 Å². The van der Waals surface area contributed by atoms with Gasteiger partial charge in [0.25, 0.3) is 5.91 Å². The van der Waals surface area contributed by atoms with Crippen LogP contribution in [0.25, 0.3) is 16.5 Å². The third-order valence-corrected chi connectivity index (χ3v) is 5.30.